The van der Waals surface area contributed by atoms with Crippen molar-refractivity contribution in [2.24, 2.45) is 0 Å². The first-order chi connectivity index (χ1) is 10.3. The summed E-state index contributed by atoms with van der Waals surface area (Å²) in [5, 5.41) is 1.06. The van der Waals surface area contributed by atoms with Gasteiger partial charge in [-0.15, -0.1) is 0 Å². The quantitative estimate of drug-likeness (QED) is 0.605. The number of para-hydroxylation sites is 1. The van der Waals surface area contributed by atoms with Gasteiger partial charge >= 0.3 is 0 Å². The lowest BCUT2D eigenvalue weighted by Gasteiger charge is -2.00. The van der Waals surface area contributed by atoms with E-state index in [1.165, 1.54) is 0 Å². The van der Waals surface area contributed by atoms with Crippen LogP contribution in [0.25, 0.3) is 33.3 Å². The van der Waals surface area contributed by atoms with E-state index >= 15 is 0 Å². The number of methoxy groups -OCH3 is 1. The van der Waals surface area contributed by atoms with Crippen LogP contribution in [-0.4, -0.2) is 22.1 Å². The fourth-order valence-corrected chi connectivity index (χ4v) is 2.49. The van der Waals surface area contributed by atoms with E-state index in [2.05, 4.69) is 9.97 Å². The molecule has 2 aromatic carbocycles. The van der Waals surface area contributed by atoms with Gasteiger partial charge in [-0.2, -0.15) is 0 Å². The van der Waals surface area contributed by atoms with Crippen LogP contribution in [0.3, 0.4) is 0 Å². The number of rotatable bonds is 2. The molecule has 4 nitrogen and oxygen atoms in total. The molecule has 0 saturated heterocycles. The zero-order chi connectivity index (χ0) is 14.2. The number of H-pyrrole nitrogens is 1. The number of fused-ring (bicyclic) bond motifs is 3. The fourth-order valence-electron chi connectivity index (χ4n) is 2.49. The first-order valence-corrected chi connectivity index (χ1v) is 6.73. The molecule has 0 aliphatic carbocycles. The highest BCUT2D eigenvalue weighted by atomic mass is 16.5. The molecule has 0 unspecified atom stereocenters. The number of nitrogens with one attached hydrogen (secondary N) is 1. The van der Waals surface area contributed by atoms with Gasteiger partial charge in [0.05, 0.1) is 29.9 Å². The molecule has 0 saturated carbocycles. The fraction of sp³-hybridized carbons (Fsp3) is 0.0588. The average molecular weight is 275 g/mol. The van der Waals surface area contributed by atoms with E-state index in [9.17, 15) is 0 Å². The number of pyridine rings is 1. The van der Waals surface area contributed by atoms with E-state index in [0.717, 1.165) is 39.1 Å². The predicted molar refractivity (Wildman–Crippen MR) is 83.4 cm³/mol. The number of aromatic amines is 1. The van der Waals surface area contributed by atoms with Crippen molar-refractivity contribution in [3.8, 4) is 17.1 Å². The van der Waals surface area contributed by atoms with E-state index in [0.29, 0.717) is 0 Å². The molecule has 0 amide bonds. The Morgan fingerprint density at radius 3 is 2.62 bits per heavy atom. The smallest absolute Gasteiger partial charge is 0.138 e. The largest absolute Gasteiger partial charge is 0.497 e. The Bertz CT molecular complexity index is 926. The maximum Gasteiger partial charge on any atom is 0.138 e. The Hall–Kier alpha value is -2.88. The van der Waals surface area contributed by atoms with E-state index in [4.69, 9.17) is 9.72 Å². The van der Waals surface area contributed by atoms with Gasteiger partial charge in [0, 0.05) is 10.9 Å². The zero-order valence-corrected chi connectivity index (χ0v) is 11.5. The molecular formula is C17H13N3O. The van der Waals surface area contributed by atoms with E-state index in [-0.39, 0.29) is 0 Å². The first kappa shape index (κ1) is 11.9. The second kappa shape index (κ2) is 4.59. The van der Waals surface area contributed by atoms with E-state index < -0.39 is 0 Å². The molecule has 0 radical (unpaired) electrons. The number of benzene rings is 2. The van der Waals surface area contributed by atoms with Crippen LogP contribution in [0.4, 0.5) is 0 Å². The lowest BCUT2D eigenvalue weighted by atomic mass is 10.2. The Labute approximate surface area is 121 Å². The van der Waals surface area contributed by atoms with E-state index in [1.807, 2.05) is 54.7 Å². The molecule has 4 heteroatoms. The lowest BCUT2D eigenvalue weighted by Crippen LogP contribution is -1.83. The number of ether oxygens (including phenoxy) is 1. The van der Waals surface area contributed by atoms with Crippen LogP contribution < -0.4 is 4.74 Å². The predicted octanol–water partition coefficient (Wildman–Crippen LogP) is 3.79. The summed E-state index contributed by atoms with van der Waals surface area (Å²) < 4.78 is 5.18. The van der Waals surface area contributed by atoms with Crippen molar-refractivity contribution in [1.82, 2.24) is 15.0 Å². The molecule has 0 aliphatic rings. The Kier molecular flexibility index (Phi) is 2.60. The van der Waals surface area contributed by atoms with Crippen LogP contribution in [0.5, 0.6) is 5.75 Å². The average Bonchev–Trinajstić information content (AvgIpc) is 2.99. The standard InChI is InChI=1S/C17H13N3O/c1-21-12-8-6-11(7-9-12)17-19-15-10-18-14-5-3-2-4-13(14)16(15)20-17/h2-10H,1H3,(H,19,20). The van der Waals surface area contributed by atoms with Crippen molar-refractivity contribution in [2.45, 2.75) is 0 Å². The second-order valence-corrected chi connectivity index (χ2v) is 4.85. The third-order valence-corrected chi connectivity index (χ3v) is 3.59. The summed E-state index contributed by atoms with van der Waals surface area (Å²) in [4.78, 5) is 12.5. The summed E-state index contributed by atoms with van der Waals surface area (Å²) in [7, 11) is 1.66. The highest BCUT2D eigenvalue weighted by Gasteiger charge is 2.09. The summed E-state index contributed by atoms with van der Waals surface area (Å²) in [6.07, 6.45) is 1.83. The lowest BCUT2D eigenvalue weighted by molar-refractivity contribution is 0.415. The first-order valence-electron chi connectivity index (χ1n) is 6.73. The number of hydrogen-bond acceptors (Lipinski definition) is 3. The maximum absolute atomic E-state index is 5.18. The molecule has 4 aromatic rings. The van der Waals surface area contributed by atoms with Crippen molar-refractivity contribution in [1.29, 1.82) is 0 Å². The molecule has 0 spiro atoms. The van der Waals surface area contributed by atoms with E-state index in [1.54, 1.807) is 7.11 Å². The van der Waals surface area contributed by atoms with Gasteiger partial charge in [0.1, 0.15) is 11.6 Å². The summed E-state index contributed by atoms with van der Waals surface area (Å²) in [6, 6.07) is 15.9. The minimum Gasteiger partial charge on any atom is -0.497 e. The van der Waals surface area contributed by atoms with Gasteiger partial charge in [0.15, 0.2) is 0 Å². The van der Waals surface area contributed by atoms with Gasteiger partial charge in [0.2, 0.25) is 0 Å². The van der Waals surface area contributed by atoms with Crippen LogP contribution in [0.2, 0.25) is 0 Å². The monoisotopic (exact) mass is 275 g/mol. The summed E-state index contributed by atoms with van der Waals surface area (Å²) in [5.74, 6) is 1.67. The van der Waals surface area contributed by atoms with Gasteiger partial charge in [-0.25, -0.2) is 4.98 Å². The van der Waals surface area contributed by atoms with Crippen molar-refractivity contribution < 1.29 is 4.74 Å². The van der Waals surface area contributed by atoms with Gasteiger partial charge in [-0.05, 0) is 30.3 Å². The third-order valence-electron chi connectivity index (χ3n) is 3.59. The number of hydrogen-bond donors (Lipinski definition) is 1. The zero-order valence-electron chi connectivity index (χ0n) is 11.5. The molecule has 102 valence electrons. The Balaban J connectivity index is 1.91. The number of aromatic nitrogens is 3. The second-order valence-electron chi connectivity index (χ2n) is 4.85. The highest BCUT2D eigenvalue weighted by molar-refractivity contribution is 6.02. The number of imidazole rings is 1. The SMILES string of the molecule is COc1ccc(-c2nc3c(cnc4ccccc43)[nH]2)cc1. The molecular weight excluding hydrogens is 262 g/mol. The minimum absolute atomic E-state index is 0.835. The van der Waals surface area contributed by atoms with Gasteiger partial charge < -0.3 is 9.72 Å². The minimum atomic E-state index is 0.835. The summed E-state index contributed by atoms with van der Waals surface area (Å²) in [5.41, 5.74) is 3.87. The van der Waals surface area contributed by atoms with Crippen molar-refractivity contribution in [3.05, 3.63) is 54.7 Å². The Morgan fingerprint density at radius 2 is 1.81 bits per heavy atom. The van der Waals surface area contributed by atoms with Crippen molar-refractivity contribution in [2.75, 3.05) is 7.11 Å². The van der Waals surface area contributed by atoms with Gasteiger partial charge in [-0.3, -0.25) is 4.98 Å². The van der Waals surface area contributed by atoms with Crippen molar-refractivity contribution >= 4 is 21.9 Å². The van der Waals surface area contributed by atoms with Crippen LogP contribution >= 0.6 is 0 Å². The molecule has 4 rings (SSSR count). The van der Waals surface area contributed by atoms with Crippen LogP contribution in [0.1, 0.15) is 0 Å². The van der Waals surface area contributed by atoms with Gasteiger partial charge in [0.25, 0.3) is 0 Å². The van der Waals surface area contributed by atoms with Crippen LogP contribution in [-0.2, 0) is 0 Å². The molecule has 1 N–H and O–H groups in total. The molecule has 0 bridgehead atoms. The molecule has 2 heterocycles. The normalized spacial score (nSPS) is 11.1. The highest BCUT2D eigenvalue weighted by Crippen LogP contribution is 2.26. The van der Waals surface area contributed by atoms with Crippen LogP contribution in [0.15, 0.2) is 54.7 Å². The molecule has 2 aromatic heterocycles. The maximum atomic E-state index is 5.18. The third kappa shape index (κ3) is 1.92. The topological polar surface area (TPSA) is 50.8 Å². The number of nitrogens with zero attached hydrogens (tertiary/aromatic N) is 2. The van der Waals surface area contributed by atoms with Crippen LogP contribution in [0, 0.1) is 0 Å². The molecule has 0 aliphatic heterocycles. The molecule has 0 fully saturated rings. The molecule has 0 atom stereocenters. The molecule has 21 heavy (non-hydrogen) atoms. The Morgan fingerprint density at radius 1 is 1.00 bits per heavy atom. The van der Waals surface area contributed by atoms with Gasteiger partial charge in [-0.1, -0.05) is 18.2 Å². The summed E-state index contributed by atoms with van der Waals surface area (Å²) >= 11 is 0. The van der Waals surface area contributed by atoms with Crippen molar-refractivity contribution in [3.63, 3.8) is 0 Å². The summed E-state index contributed by atoms with van der Waals surface area (Å²) in [6.45, 7) is 0.